The van der Waals surface area contributed by atoms with Crippen molar-refractivity contribution in [1.82, 2.24) is 0 Å². The van der Waals surface area contributed by atoms with Crippen molar-refractivity contribution in [2.75, 3.05) is 13.2 Å². The molecular formula is C20H22O4. The number of phenolic OH excluding ortho intramolecular Hbond substituents is 1. The maximum atomic E-state index is 12.2. The number of aromatic hydroxyl groups is 1. The van der Waals surface area contributed by atoms with E-state index in [4.69, 9.17) is 9.47 Å². The van der Waals surface area contributed by atoms with Crippen LogP contribution in [0.3, 0.4) is 0 Å². The summed E-state index contributed by atoms with van der Waals surface area (Å²) in [4.78, 5) is 12.2. The van der Waals surface area contributed by atoms with E-state index in [0.29, 0.717) is 30.3 Å². The molecule has 0 aromatic heterocycles. The lowest BCUT2D eigenvalue weighted by Gasteiger charge is -2.13. The van der Waals surface area contributed by atoms with Crippen LogP contribution in [0.15, 0.2) is 48.5 Å². The molecule has 0 aliphatic rings. The van der Waals surface area contributed by atoms with Crippen LogP contribution < -0.4 is 9.47 Å². The third kappa shape index (κ3) is 4.62. The molecule has 0 bridgehead atoms. The minimum atomic E-state index is -0.141. The molecule has 0 heterocycles. The summed E-state index contributed by atoms with van der Waals surface area (Å²) in [5, 5.41) is 9.29. The highest BCUT2D eigenvalue weighted by Gasteiger charge is 2.10. The van der Waals surface area contributed by atoms with E-state index >= 15 is 0 Å². The lowest BCUT2D eigenvalue weighted by atomic mass is 10.1. The van der Waals surface area contributed by atoms with E-state index in [1.807, 2.05) is 32.0 Å². The first-order valence-electron chi connectivity index (χ1n) is 8.05. The minimum Gasteiger partial charge on any atom is -0.508 e. The zero-order chi connectivity index (χ0) is 17.4. The first-order chi connectivity index (χ1) is 11.7. The van der Waals surface area contributed by atoms with Gasteiger partial charge in [0, 0.05) is 11.1 Å². The number of benzene rings is 2. The second-order valence-electron chi connectivity index (χ2n) is 5.20. The largest absolute Gasteiger partial charge is 0.508 e. The maximum absolute atomic E-state index is 12.2. The van der Waals surface area contributed by atoms with E-state index < -0.39 is 0 Å². The predicted molar refractivity (Wildman–Crippen MR) is 94.9 cm³/mol. The van der Waals surface area contributed by atoms with Crippen molar-refractivity contribution in [2.24, 2.45) is 0 Å². The number of carbonyl (C=O) groups excluding carboxylic acids is 1. The van der Waals surface area contributed by atoms with Gasteiger partial charge in [-0.2, -0.15) is 0 Å². The van der Waals surface area contributed by atoms with Crippen LogP contribution in [-0.4, -0.2) is 24.1 Å². The average Bonchev–Trinajstić information content (AvgIpc) is 2.59. The Labute approximate surface area is 142 Å². The Morgan fingerprint density at radius 2 is 1.83 bits per heavy atom. The highest BCUT2D eigenvalue weighted by atomic mass is 16.5. The Morgan fingerprint density at radius 3 is 2.50 bits per heavy atom. The number of carbonyl (C=O) groups is 1. The quantitative estimate of drug-likeness (QED) is 0.574. The van der Waals surface area contributed by atoms with Crippen LogP contribution in [-0.2, 0) is 0 Å². The number of para-hydroxylation sites is 1. The lowest BCUT2D eigenvalue weighted by Crippen LogP contribution is -2.01. The number of hydrogen-bond donors (Lipinski definition) is 1. The molecule has 1 N–H and O–H groups in total. The van der Waals surface area contributed by atoms with Gasteiger partial charge in [0.1, 0.15) is 5.75 Å². The van der Waals surface area contributed by atoms with Gasteiger partial charge >= 0.3 is 0 Å². The second kappa shape index (κ2) is 8.77. The summed E-state index contributed by atoms with van der Waals surface area (Å²) < 4.78 is 11.4. The molecule has 2 aromatic carbocycles. The smallest absolute Gasteiger partial charge is 0.185 e. The van der Waals surface area contributed by atoms with Gasteiger partial charge in [0.05, 0.1) is 13.2 Å². The molecule has 0 saturated carbocycles. The molecule has 0 atom stereocenters. The Kier molecular flexibility index (Phi) is 6.43. The average molecular weight is 326 g/mol. The van der Waals surface area contributed by atoms with Gasteiger partial charge in [0.25, 0.3) is 0 Å². The highest BCUT2D eigenvalue weighted by Crippen LogP contribution is 2.32. The van der Waals surface area contributed by atoms with Crippen molar-refractivity contribution >= 4 is 11.9 Å². The minimum absolute atomic E-state index is 0.134. The topological polar surface area (TPSA) is 55.8 Å². The SMILES string of the molecule is CCCOc1c(/C=C/C(=O)c2ccc(O)cc2)cccc1OCC. The van der Waals surface area contributed by atoms with Gasteiger partial charge < -0.3 is 14.6 Å². The molecule has 0 radical (unpaired) electrons. The molecule has 0 aliphatic heterocycles. The molecule has 2 rings (SSSR count). The summed E-state index contributed by atoms with van der Waals surface area (Å²) in [7, 11) is 0. The lowest BCUT2D eigenvalue weighted by molar-refractivity contribution is 0.104. The first-order valence-corrected chi connectivity index (χ1v) is 8.05. The molecule has 126 valence electrons. The van der Waals surface area contributed by atoms with Crippen LogP contribution in [0.1, 0.15) is 36.2 Å². The number of allylic oxidation sites excluding steroid dienone is 1. The fourth-order valence-electron chi connectivity index (χ4n) is 2.18. The molecule has 4 heteroatoms. The van der Waals surface area contributed by atoms with E-state index in [-0.39, 0.29) is 11.5 Å². The third-order valence-corrected chi connectivity index (χ3v) is 3.33. The second-order valence-corrected chi connectivity index (χ2v) is 5.20. The van der Waals surface area contributed by atoms with E-state index in [1.165, 1.54) is 18.2 Å². The number of ketones is 1. The van der Waals surface area contributed by atoms with Crippen LogP contribution in [0.2, 0.25) is 0 Å². The Morgan fingerprint density at radius 1 is 1.08 bits per heavy atom. The van der Waals surface area contributed by atoms with Gasteiger partial charge in [-0.3, -0.25) is 4.79 Å². The van der Waals surface area contributed by atoms with Gasteiger partial charge in [0.15, 0.2) is 17.3 Å². The van der Waals surface area contributed by atoms with E-state index in [2.05, 4.69) is 0 Å². The van der Waals surface area contributed by atoms with Crippen LogP contribution in [0.5, 0.6) is 17.2 Å². The number of ether oxygens (including phenoxy) is 2. The summed E-state index contributed by atoms with van der Waals surface area (Å²) >= 11 is 0. The highest BCUT2D eigenvalue weighted by molar-refractivity contribution is 6.07. The summed E-state index contributed by atoms with van der Waals surface area (Å²) in [6.07, 6.45) is 4.11. The number of rotatable bonds is 8. The van der Waals surface area contributed by atoms with Crippen LogP contribution >= 0.6 is 0 Å². The van der Waals surface area contributed by atoms with Crippen molar-refractivity contribution in [3.8, 4) is 17.2 Å². The van der Waals surface area contributed by atoms with Gasteiger partial charge in [0.2, 0.25) is 0 Å². The van der Waals surface area contributed by atoms with Gasteiger partial charge in [-0.25, -0.2) is 0 Å². The number of phenols is 1. The molecule has 0 amide bonds. The third-order valence-electron chi connectivity index (χ3n) is 3.33. The molecule has 0 unspecified atom stereocenters. The van der Waals surface area contributed by atoms with Crippen molar-refractivity contribution in [3.05, 3.63) is 59.7 Å². The Hall–Kier alpha value is -2.75. The molecule has 0 aliphatic carbocycles. The molecule has 4 nitrogen and oxygen atoms in total. The van der Waals surface area contributed by atoms with Gasteiger partial charge in [-0.1, -0.05) is 19.1 Å². The van der Waals surface area contributed by atoms with E-state index in [0.717, 1.165) is 12.0 Å². The first kappa shape index (κ1) is 17.6. The summed E-state index contributed by atoms with van der Waals surface area (Å²) in [5.41, 5.74) is 1.31. The van der Waals surface area contributed by atoms with Crippen LogP contribution in [0.25, 0.3) is 6.08 Å². The van der Waals surface area contributed by atoms with Crippen LogP contribution in [0, 0.1) is 0 Å². The Balaban J connectivity index is 2.25. The fourth-order valence-corrected chi connectivity index (χ4v) is 2.18. The molecule has 2 aromatic rings. The van der Waals surface area contributed by atoms with Crippen molar-refractivity contribution < 1.29 is 19.4 Å². The number of hydrogen-bond acceptors (Lipinski definition) is 4. The Bertz CT molecular complexity index is 702. The molecule has 0 fully saturated rings. The molecule has 24 heavy (non-hydrogen) atoms. The molecule has 0 saturated heterocycles. The molecular weight excluding hydrogens is 304 g/mol. The standard InChI is InChI=1S/C20H22O4/c1-3-14-24-20-16(6-5-7-19(20)23-4-2)10-13-18(22)15-8-11-17(21)12-9-15/h5-13,21H,3-4,14H2,1-2H3/b13-10+. The van der Waals surface area contributed by atoms with Crippen LogP contribution in [0.4, 0.5) is 0 Å². The summed E-state index contributed by atoms with van der Waals surface area (Å²) in [6, 6.07) is 11.8. The predicted octanol–water partition coefficient (Wildman–Crippen LogP) is 4.48. The van der Waals surface area contributed by atoms with E-state index in [9.17, 15) is 9.90 Å². The zero-order valence-electron chi connectivity index (χ0n) is 14.0. The van der Waals surface area contributed by atoms with Crippen molar-refractivity contribution in [1.29, 1.82) is 0 Å². The fraction of sp³-hybridized carbons (Fsp3) is 0.250. The summed E-state index contributed by atoms with van der Waals surface area (Å²) in [6.45, 7) is 5.08. The van der Waals surface area contributed by atoms with Crippen molar-refractivity contribution in [2.45, 2.75) is 20.3 Å². The van der Waals surface area contributed by atoms with Gasteiger partial charge in [-0.05, 0) is 55.8 Å². The maximum Gasteiger partial charge on any atom is 0.185 e. The van der Waals surface area contributed by atoms with Crippen molar-refractivity contribution in [3.63, 3.8) is 0 Å². The van der Waals surface area contributed by atoms with E-state index in [1.54, 1.807) is 18.2 Å². The van der Waals surface area contributed by atoms with Gasteiger partial charge in [-0.15, -0.1) is 0 Å². The zero-order valence-corrected chi connectivity index (χ0v) is 14.0. The normalized spacial score (nSPS) is 10.8. The summed E-state index contributed by atoms with van der Waals surface area (Å²) in [5.74, 6) is 1.31. The monoisotopic (exact) mass is 326 g/mol. The molecule has 0 spiro atoms.